The number of nitrogens with zero attached hydrogens (tertiary/aromatic N) is 1. The molecule has 6 heteroatoms. The van der Waals surface area contributed by atoms with Crippen molar-refractivity contribution in [1.29, 1.82) is 0 Å². The first-order chi connectivity index (χ1) is 13.8. The standard InChI is InChI=1S/C24H45NO4Si/c1-14(2)30(15(3)4,16(5)6)29-17-12-18-20-10-11-21(19(13-17)22(18)26)25(20)23(27)28-24(7,8)9/h14-22,26H,10-13H2,1-9H3/t17?,18-,19+,20-,21+,22?. The van der Waals surface area contributed by atoms with Gasteiger partial charge in [0.05, 0.1) is 6.10 Å². The van der Waals surface area contributed by atoms with Crippen molar-refractivity contribution < 1.29 is 19.1 Å². The molecule has 2 saturated heterocycles. The van der Waals surface area contributed by atoms with Crippen LogP contribution in [-0.4, -0.2) is 54.3 Å². The van der Waals surface area contributed by atoms with Gasteiger partial charge in [0.1, 0.15) is 5.60 Å². The molecule has 0 radical (unpaired) electrons. The number of ether oxygens (including phenoxy) is 1. The molecule has 6 atom stereocenters. The van der Waals surface area contributed by atoms with Gasteiger partial charge in [0.15, 0.2) is 0 Å². The van der Waals surface area contributed by atoms with E-state index in [-0.39, 0.29) is 42.2 Å². The lowest BCUT2D eigenvalue weighted by atomic mass is 9.70. The minimum atomic E-state index is -1.97. The molecular weight excluding hydrogens is 394 g/mol. The van der Waals surface area contributed by atoms with E-state index < -0.39 is 13.9 Å². The average Bonchev–Trinajstić information content (AvgIpc) is 2.99. The molecule has 0 aromatic heterocycles. The van der Waals surface area contributed by atoms with Gasteiger partial charge in [-0.2, -0.15) is 0 Å². The summed E-state index contributed by atoms with van der Waals surface area (Å²) in [5.41, 5.74) is 1.17. The number of fused-ring (bicyclic) bond motifs is 6. The summed E-state index contributed by atoms with van der Waals surface area (Å²) in [5.74, 6) is 0.191. The number of piperidine rings is 1. The molecule has 0 aromatic carbocycles. The zero-order chi connectivity index (χ0) is 22.6. The van der Waals surface area contributed by atoms with Crippen molar-refractivity contribution in [3.63, 3.8) is 0 Å². The fourth-order valence-corrected chi connectivity index (χ4v) is 12.7. The van der Waals surface area contributed by atoms with Crippen molar-refractivity contribution in [1.82, 2.24) is 4.90 Å². The number of amides is 1. The maximum atomic E-state index is 13.0. The van der Waals surface area contributed by atoms with Gasteiger partial charge in [-0.1, -0.05) is 41.5 Å². The van der Waals surface area contributed by atoms with E-state index in [1.165, 1.54) is 0 Å². The Morgan fingerprint density at radius 3 is 1.73 bits per heavy atom. The topological polar surface area (TPSA) is 59.0 Å². The second-order valence-corrected chi connectivity index (χ2v) is 17.4. The van der Waals surface area contributed by atoms with Crippen LogP contribution in [0.2, 0.25) is 16.6 Å². The van der Waals surface area contributed by atoms with Crippen LogP contribution >= 0.6 is 0 Å². The number of hydrogen-bond acceptors (Lipinski definition) is 4. The Morgan fingerprint density at radius 1 is 0.933 bits per heavy atom. The highest BCUT2D eigenvalue weighted by Crippen LogP contribution is 2.52. The Bertz CT molecular complexity index is 585. The van der Waals surface area contributed by atoms with Crippen LogP contribution in [-0.2, 0) is 9.16 Å². The number of carbonyl (C=O) groups is 1. The summed E-state index contributed by atoms with van der Waals surface area (Å²) >= 11 is 0. The minimum Gasteiger partial charge on any atom is -0.444 e. The molecule has 2 unspecified atom stereocenters. The van der Waals surface area contributed by atoms with Crippen molar-refractivity contribution in [2.24, 2.45) is 11.8 Å². The zero-order valence-electron chi connectivity index (χ0n) is 20.6. The Morgan fingerprint density at radius 2 is 1.37 bits per heavy atom. The third kappa shape index (κ3) is 4.08. The lowest BCUT2D eigenvalue weighted by Gasteiger charge is -2.54. The molecule has 0 aromatic rings. The average molecular weight is 440 g/mol. The Labute approximate surface area is 185 Å². The van der Waals surface area contributed by atoms with Crippen LogP contribution in [0.1, 0.15) is 88.0 Å². The van der Waals surface area contributed by atoms with Gasteiger partial charge in [-0.3, -0.25) is 0 Å². The van der Waals surface area contributed by atoms with Gasteiger partial charge in [-0.15, -0.1) is 0 Å². The van der Waals surface area contributed by atoms with Gasteiger partial charge in [0, 0.05) is 30.0 Å². The van der Waals surface area contributed by atoms with Crippen LogP contribution < -0.4 is 0 Å². The van der Waals surface area contributed by atoms with E-state index in [1.54, 1.807) is 0 Å². The third-order valence-corrected chi connectivity index (χ3v) is 14.2. The molecular formula is C24H45NO4Si. The van der Waals surface area contributed by atoms with E-state index in [9.17, 15) is 9.90 Å². The fraction of sp³-hybridized carbons (Fsp3) is 0.958. The number of carbonyl (C=O) groups excluding carboxylic acids is 1. The van der Waals surface area contributed by atoms with Crippen LogP contribution in [0.5, 0.6) is 0 Å². The van der Waals surface area contributed by atoms with E-state index in [1.807, 2.05) is 25.7 Å². The van der Waals surface area contributed by atoms with E-state index in [0.717, 1.165) is 25.7 Å². The van der Waals surface area contributed by atoms with Gasteiger partial charge in [-0.25, -0.2) is 4.79 Å². The Balaban J connectivity index is 1.82. The third-order valence-electron chi connectivity index (χ3n) is 8.09. The minimum absolute atomic E-state index is 0.0794. The highest BCUT2D eigenvalue weighted by atomic mass is 28.4. The summed E-state index contributed by atoms with van der Waals surface area (Å²) in [6, 6.07) is 0.159. The lowest BCUT2D eigenvalue weighted by molar-refractivity contribution is -0.116. The molecule has 5 nitrogen and oxygen atoms in total. The SMILES string of the molecule is CC(C)[Si](OC1C[C@@H]2C(O)[C@H](C1)[C@H]1CC[C@@H]2N1C(=O)OC(C)(C)C)(C(C)C)C(C)C. The number of rotatable bonds is 5. The molecule has 2 heterocycles. The van der Waals surface area contributed by atoms with Gasteiger partial charge < -0.3 is 19.2 Å². The maximum Gasteiger partial charge on any atom is 0.410 e. The van der Waals surface area contributed by atoms with Crippen molar-refractivity contribution in [3.8, 4) is 0 Å². The summed E-state index contributed by atoms with van der Waals surface area (Å²) in [4.78, 5) is 15.0. The van der Waals surface area contributed by atoms with Crippen LogP contribution in [0.3, 0.4) is 0 Å². The monoisotopic (exact) mass is 439 g/mol. The summed E-state index contributed by atoms with van der Waals surface area (Å²) in [7, 11) is -1.97. The molecule has 2 aliphatic heterocycles. The summed E-state index contributed by atoms with van der Waals surface area (Å²) in [6.07, 6.45) is 3.32. The van der Waals surface area contributed by atoms with Crippen molar-refractivity contribution in [3.05, 3.63) is 0 Å². The second kappa shape index (κ2) is 8.40. The van der Waals surface area contributed by atoms with Crippen LogP contribution in [0.15, 0.2) is 0 Å². The van der Waals surface area contributed by atoms with Gasteiger partial charge in [0.2, 0.25) is 8.32 Å². The molecule has 1 amide bonds. The number of aliphatic hydroxyl groups is 1. The molecule has 3 aliphatic rings. The predicted octanol–water partition coefficient (Wildman–Crippen LogP) is 5.72. The van der Waals surface area contributed by atoms with Gasteiger partial charge in [0.25, 0.3) is 0 Å². The molecule has 0 spiro atoms. The first kappa shape index (κ1) is 24.1. The Hall–Kier alpha value is -0.593. The summed E-state index contributed by atoms with van der Waals surface area (Å²) in [5, 5.41) is 11.1. The Kier molecular flexibility index (Phi) is 6.73. The smallest absolute Gasteiger partial charge is 0.410 e. The highest BCUT2D eigenvalue weighted by molar-refractivity contribution is 6.77. The van der Waals surface area contributed by atoms with Gasteiger partial charge >= 0.3 is 6.09 Å². The lowest BCUT2D eigenvalue weighted by Crippen LogP contribution is -2.63. The first-order valence-corrected chi connectivity index (χ1v) is 14.3. The van der Waals surface area contributed by atoms with E-state index >= 15 is 0 Å². The fourth-order valence-electron chi connectivity index (χ4n) is 7.15. The van der Waals surface area contributed by atoms with Crippen LogP contribution in [0.25, 0.3) is 0 Å². The molecule has 174 valence electrons. The van der Waals surface area contributed by atoms with Crippen molar-refractivity contribution in [2.45, 2.75) is 135 Å². The largest absolute Gasteiger partial charge is 0.444 e. The summed E-state index contributed by atoms with van der Waals surface area (Å²) in [6.45, 7) is 19.8. The number of aliphatic hydroxyl groups excluding tert-OH is 1. The maximum absolute atomic E-state index is 13.0. The second-order valence-electron chi connectivity index (χ2n) is 11.9. The van der Waals surface area contributed by atoms with E-state index in [0.29, 0.717) is 16.6 Å². The first-order valence-electron chi connectivity index (χ1n) is 12.2. The summed E-state index contributed by atoms with van der Waals surface area (Å²) < 4.78 is 12.9. The van der Waals surface area contributed by atoms with Crippen molar-refractivity contribution in [2.75, 3.05) is 0 Å². The van der Waals surface area contributed by atoms with Crippen molar-refractivity contribution >= 4 is 14.4 Å². The quantitative estimate of drug-likeness (QED) is 0.557. The zero-order valence-corrected chi connectivity index (χ0v) is 21.6. The molecule has 30 heavy (non-hydrogen) atoms. The highest BCUT2D eigenvalue weighted by Gasteiger charge is 2.59. The number of hydrogen-bond donors (Lipinski definition) is 1. The van der Waals surface area contributed by atoms with Crippen LogP contribution in [0.4, 0.5) is 4.79 Å². The molecule has 1 N–H and O–H groups in total. The van der Waals surface area contributed by atoms with E-state index in [2.05, 4.69) is 41.5 Å². The molecule has 4 bridgehead atoms. The molecule has 3 rings (SSSR count). The molecule has 3 fully saturated rings. The van der Waals surface area contributed by atoms with Gasteiger partial charge in [-0.05, 0) is 63.1 Å². The molecule has 1 saturated carbocycles. The van der Waals surface area contributed by atoms with Crippen LogP contribution in [0, 0.1) is 11.8 Å². The molecule has 1 aliphatic carbocycles. The predicted molar refractivity (Wildman–Crippen MR) is 123 cm³/mol. The van der Waals surface area contributed by atoms with E-state index in [4.69, 9.17) is 9.16 Å². The normalized spacial score (nSPS) is 34.2.